The SMILES string of the molecule is CC(CO)(CO)CP(=O)(O)O. The van der Waals surface area contributed by atoms with Gasteiger partial charge in [-0.05, 0) is 0 Å². The highest BCUT2D eigenvalue weighted by Gasteiger charge is 2.31. The third-order valence-corrected chi connectivity index (χ3v) is 2.53. The fraction of sp³-hybridized carbons (Fsp3) is 1.00. The van der Waals surface area contributed by atoms with Gasteiger partial charge in [-0.3, -0.25) is 4.57 Å². The van der Waals surface area contributed by atoms with Crippen LogP contribution in [-0.2, 0) is 4.57 Å². The van der Waals surface area contributed by atoms with Crippen LogP contribution in [-0.4, -0.2) is 39.4 Å². The molecule has 0 unspecified atom stereocenters. The summed E-state index contributed by atoms with van der Waals surface area (Å²) in [5.74, 6) is 0. The fourth-order valence-electron chi connectivity index (χ4n) is 0.647. The van der Waals surface area contributed by atoms with Gasteiger partial charge in [0.1, 0.15) is 0 Å². The van der Waals surface area contributed by atoms with Gasteiger partial charge in [0, 0.05) is 5.41 Å². The summed E-state index contributed by atoms with van der Waals surface area (Å²) in [6, 6.07) is 0. The number of aliphatic hydroxyl groups is 2. The van der Waals surface area contributed by atoms with Crippen LogP contribution in [0.1, 0.15) is 6.92 Å². The Labute approximate surface area is 64.8 Å². The Kier molecular flexibility index (Phi) is 3.67. The van der Waals surface area contributed by atoms with Crippen molar-refractivity contribution in [2.45, 2.75) is 6.92 Å². The molecule has 0 aliphatic rings. The predicted octanol–water partition coefficient (Wildman–Crippen LogP) is -0.845. The van der Waals surface area contributed by atoms with Crippen molar-refractivity contribution in [3.8, 4) is 0 Å². The minimum Gasteiger partial charge on any atom is -0.396 e. The Hall–Kier alpha value is 0.0700. The van der Waals surface area contributed by atoms with Gasteiger partial charge >= 0.3 is 7.60 Å². The molecule has 0 aromatic rings. The van der Waals surface area contributed by atoms with Crippen molar-refractivity contribution in [2.24, 2.45) is 5.41 Å². The summed E-state index contributed by atoms with van der Waals surface area (Å²) in [5, 5.41) is 17.3. The topological polar surface area (TPSA) is 98.0 Å². The van der Waals surface area contributed by atoms with E-state index < -0.39 is 32.4 Å². The molecule has 0 radical (unpaired) electrons. The highest BCUT2D eigenvalue weighted by molar-refractivity contribution is 7.51. The number of aliphatic hydroxyl groups excluding tert-OH is 2. The highest BCUT2D eigenvalue weighted by atomic mass is 31.2. The molecule has 0 spiro atoms. The average Bonchev–Trinajstić information content (AvgIpc) is 1.84. The Balaban J connectivity index is 4.20. The molecule has 0 atom stereocenters. The Morgan fingerprint density at radius 2 is 1.64 bits per heavy atom. The quantitative estimate of drug-likeness (QED) is 0.427. The number of hydrogen-bond donors (Lipinski definition) is 4. The number of hydrogen-bond acceptors (Lipinski definition) is 3. The van der Waals surface area contributed by atoms with Gasteiger partial charge in [0.15, 0.2) is 0 Å². The minimum absolute atomic E-state index is 0.436. The maximum atomic E-state index is 10.4. The summed E-state index contributed by atoms with van der Waals surface area (Å²) in [4.78, 5) is 17.0. The second kappa shape index (κ2) is 3.65. The molecule has 68 valence electrons. The molecule has 0 heterocycles. The van der Waals surface area contributed by atoms with Crippen molar-refractivity contribution in [2.75, 3.05) is 19.4 Å². The minimum atomic E-state index is -4.14. The van der Waals surface area contributed by atoms with Gasteiger partial charge in [0.25, 0.3) is 0 Å². The zero-order valence-corrected chi connectivity index (χ0v) is 7.16. The van der Waals surface area contributed by atoms with Crippen molar-refractivity contribution < 1.29 is 24.6 Å². The summed E-state index contributed by atoms with van der Waals surface area (Å²) in [6.45, 7) is 0.537. The van der Waals surface area contributed by atoms with E-state index in [1.807, 2.05) is 0 Å². The monoisotopic (exact) mass is 184 g/mol. The van der Waals surface area contributed by atoms with Crippen LogP contribution in [0.3, 0.4) is 0 Å². The van der Waals surface area contributed by atoms with Crippen molar-refractivity contribution in [1.29, 1.82) is 0 Å². The smallest absolute Gasteiger partial charge is 0.326 e. The first kappa shape index (κ1) is 11.1. The molecule has 0 fully saturated rings. The molecule has 4 N–H and O–H groups in total. The fourth-order valence-corrected chi connectivity index (χ4v) is 1.84. The van der Waals surface area contributed by atoms with E-state index >= 15 is 0 Å². The van der Waals surface area contributed by atoms with Crippen LogP contribution < -0.4 is 0 Å². The van der Waals surface area contributed by atoms with E-state index in [4.69, 9.17) is 20.0 Å². The summed E-state index contributed by atoms with van der Waals surface area (Å²) in [7, 11) is -4.14. The lowest BCUT2D eigenvalue weighted by Gasteiger charge is -2.24. The summed E-state index contributed by atoms with van der Waals surface area (Å²) in [5.41, 5.74) is -1.08. The van der Waals surface area contributed by atoms with Crippen molar-refractivity contribution in [3.63, 3.8) is 0 Å². The van der Waals surface area contributed by atoms with E-state index in [9.17, 15) is 4.57 Å². The lowest BCUT2D eigenvalue weighted by molar-refractivity contribution is 0.0836. The molecule has 0 aromatic carbocycles. The van der Waals surface area contributed by atoms with E-state index in [0.29, 0.717) is 0 Å². The lowest BCUT2D eigenvalue weighted by Crippen LogP contribution is -2.30. The third kappa shape index (κ3) is 4.50. The van der Waals surface area contributed by atoms with Gasteiger partial charge < -0.3 is 20.0 Å². The van der Waals surface area contributed by atoms with Crippen LogP contribution in [0.5, 0.6) is 0 Å². The Morgan fingerprint density at radius 1 is 1.27 bits per heavy atom. The lowest BCUT2D eigenvalue weighted by atomic mass is 9.96. The summed E-state index contributed by atoms with van der Waals surface area (Å²) >= 11 is 0. The van der Waals surface area contributed by atoms with Crippen LogP contribution >= 0.6 is 7.60 Å². The molecule has 0 saturated carbocycles. The van der Waals surface area contributed by atoms with Gasteiger partial charge in [0.2, 0.25) is 0 Å². The first-order valence-corrected chi connectivity index (χ1v) is 4.89. The molecule has 11 heavy (non-hydrogen) atoms. The maximum Gasteiger partial charge on any atom is 0.326 e. The molecular weight excluding hydrogens is 171 g/mol. The first-order chi connectivity index (χ1) is 4.83. The standard InChI is InChI=1S/C5H13O5P/c1-5(2-6,3-7)4-11(8,9)10/h6-7H,2-4H2,1H3,(H2,8,9,10). The van der Waals surface area contributed by atoms with Gasteiger partial charge in [-0.1, -0.05) is 6.92 Å². The molecule has 5 nitrogen and oxygen atoms in total. The zero-order valence-electron chi connectivity index (χ0n) is 6.27. The number of rotatable bonds is 4. The molecule has 6 heteroatoms. The Bertz CT molecular complexity index is 158. The molecule has 0 saturated heterocycles. The van der Waals surface area contributed by atoms with Crippen LogP contribution in [0, 0.1) is 5.41 Å². The van der Waals surface area contributed by atoms with Gasteiger partial charge in [0.05, 0.1) is 19.4 Å². The van der Waals surface area contributed by atoms with Crippen molar-refractivity contribution in [1.82, 2.24) is 0 Å². The van der Waals surface area contributed by atoms with E-state index in [1.54, 1.807) is 0 Å². The van der Waals surface area contributed by atoms with Crippen LogP contribution in [0.2, 0.25) is 0 Å². The van der Waals surface area contributed by atoms with Crippen LogP contribution in [0.25, 0.3) is 0 Å². The normalized spacial score (nSPS) is 13.5. The molecule has 0 amide bonds. The van der Waals surface area contributed by atoms with Gasteiger partial charge in [-0.25, -0.2) is 0 Å². The van der Waals surface area contributed by atoms with Crippen LogP contribution in [0.4, 0.5) is 0 Å². The average molecular weight is 184 g/mol. The summed E-state index contributed by atoms with van der Waals surface area (Å²) in [6.07, 6.45) is -0.493. The maximum absolute atomic E-state index is 10.4. The third-order valence-electron chi connectivity index (χ3n) is 1.35. The zero-order chi connectivity index (χ0) is 9.12. The van der Waals surface area contributed by atoms with Crippen LogP contribution in [0.15, 0.2) is 0 Å². The molecule has 0 aliphatic heterocycles. The first-order valence-electron chi connectivity index (χ1n) is 3.09. The molecule has 0 aromatic heterocycles. The van der Waals surface area contributed by atoms with E-state index in [-0.39, 0.29) is 0 Å². The van der Waals surface area contributed by atoms with E-state index in [1.165, 1.54) is 6.92 Å². The molecular formula is C5H13O5P. The van der Waals surface area contributed by atoms with E-state index in [0.717, 1.165) is 0 Å². The molecule has 0 rings (SSSR count). The van der Waals surface area contributed by atoms with Gasteiger partial charge in [-0.15, -0.1) is 0 Å². The molecule has 0 aliphatic carbocycles. The van der Waals surface area contributed by atoms with Gasteiger partial charge in [-0.2, -0.15) is 0 Å². The van der Waals surface area contributed by atoms with E-state index in [2.05, 4.69) is 0 Å². The van der Waals surface area contributed by atoms with Crippen molar-refractivity contribution in [3.05, 3.63) is 0 Å². The van der Waals surface area contributed by atoms with Crippen molar-refractivity contribution >= 4 is 7.60 Å². The summed E-state index contributed by atoms with van der Waals surface area (Å²) < 4.78 is 10.4. The second-order valence-corrected chi connectivity index (χ2v) is 4.60. The molecule has 0 bridgehead atoms. The largest absolute Gasteiger partial charge is 0.396 e. The second-order valence-electron chi connectivity index (χ2n) is 2.95. The Morgan fingerprint density at radius 3 is 1.73 bits per heavy atom. The highest BCUT2D eigenvalue weighted by Crippen LogP contribution is 2.41. The predicted molar refractivity (Wildman–Crippen MR) is 39.2 cm³/mol.